The smallest absolute Gasteiger partial charge is 0.400 e. The summed E-state index contributed by atoms with van der Waals surface area (Å²) >= 11 is 0. The van der Waals surface area contributed by atoms with Crippen molar-refractivity contribution < 1.29 is 9.31 Å². The van der Waals surface area contributed by atoms with Crippen LogP contribution in [0.15, 0.2) is 16.5 Å². The van der Waals surface area contributed by atoms with Crippen LogP contribution in [0, 0.1) is 0 Å². The second-order valence-corrected chi connectivity index (χ2v) is 6.13. The number of dihydropyridines is 1. The average molecular weight is 235 g/mol. The van der Waals surface area contributed by atoms with E-state index >= 15 is 0 Å². The molecule has 0 amide bonds. The molecule has 94 valence electrons. The van der Waals surface area contributed by atoms with Gasteiger partial charge in [-0.2, -0.15) is 0 Å². The molecule has 1 fully saturated rings. The highest BCUT2D eigenvalue weighted by Crippen LogP contribution is 2.39. The van der Waals surface area contributed by atoms with Crippen molar-refractivity contribution in [2.75, 3.05) is 0 Å². The first-order valence-electron chi connectivity index (χ1n) is 6.32. The van der Waals surface area contributed by atoms with Crippen LogP contribution < -0.4 is 0 Å². The highest BCUT2D eigenvalue weighted by atomic mass is 16.7. The molecule has 17 heavy (non-hydrogen) atoms. The van der Waals surface area contributed by atoms with Crippen LogP contribution in [0.2, 0.25) is 0 Å². The SMILES string of the molecule is CC1=NC(C)CC(B2OC(C)(C)C(C)(C)O2)=C1. The van der Waals surface area contributed by atoms with Crippen LogP contribution in [0.1, 0.15) is 48.0 Å². The zero-order valence-corrected chi connectivity index (χ0v) is 11.7. The molecule has 0 bridgehead atoms. The van der Waals surface area contributed by atoms with E-state index in [0.29, 0.717) is 6.04 Å². The van der Waals surface area contributed by atoms with Gasteiger partial charge in [0.25, 0.3) is 0 Å². The lowest BCUT2D eigenvalue weighted by Crippen LogP contribution is -2.41. The summed E-state index contributed by atoms with van der Waals surface area (Å²) in [7, 11) is -0.215. The lowest BCUT2D eigenvalue weighted by molar-refractivity contribution is 0.00578. The van der Waals surface area contributed by atoms with Gasteiger partial charge in [0.2, 0.25) is 0 Å². The molecule has 1 unspecified atom stereocenters. The molecule has 0 aliphatic carbocycles. The van der Waals surface area contributed by atoms with Gasteiger partial charge in [0.1, 0.15) is 0 Å². The molecule has 2 heterocycles. The van der Waals surface area contributed by atoms with Gasteiger partial charge < -0.3 is 9.31 Å². The summed E-state index contributed by atoms with van der Waals surface area (Å²) in [5, 5.41) is 0. The number of allylic oxidation sites excluding steroid dienone is 1. The maximum Gasteiger partial charge on any atom is 0.490 e. The lowest BCUT2D eigenvalue weighted by Gasteiger charge is -2.32. The summed E-state index contributed by atoms with van der Waals surface area (Å²) in [5.74, 6) is 0. The molecule has 2 aliphatic heterocycles. The molecular weight excluding hydrogens is 213 g/mol. The molecule has 1 atom stereocenters. The van der Waals surface area contributed by atoms with Gasteiger partial charge in [-0.15, -0.1) is 0 Å². The number of hydrogen-bond acceptors (Lipinski definition) is 3. The quantitative estimate of drug-likeness (QED) is 0.654. The van der Waals surface area contributed by atoms with Crippen LogP contribution in [0.5, 0.6) is 0 Å². The van der Waals surface area contributed by atoms with Gasteiger partial charge in [-0.05, 0) is 59.5 Å². The Kier molecular flexibility index (Phi) is 2.99. The van der Waals surface area contributed by atoms with E-state index in [9.17, 15) is 0 Å². The molecule has 0 saturated carbocycles. The first-order valence-corrected chi connectivity index (χ1v) is 6.32. The maximum atomic E-state index is 6.05. The van der Waals surface area contributed by atoms with E-state index in [2.05, 4.69) is 45.7 Å². The predicted octanol–water partition coefficient (Wildman–Crippen LogP) is 2.80. The fourth-order valence-electron chi connectivity index (χ4n) is 2.26. The second-order valence-electron chi connectivity index (χ2n) is 6.13. The van der Waals surface area contributed by atoms with Crippen molar-refractivity contribution in [1.29, 1.82) is 0 Å². The van der Waals surface area contributed by atoms with E-state index in [-0.39, 0.29) is 18.3 Å². The summed E-state index contributed by atoms with van der Waals surface area (Å²) < 4.78 is 12.1. The Morgan fingerprint density at radius 1 is 1.24 bits per heavy atom. The topological polar surface area (TPSA) is 30.8 Å². The summed E-state index contributed by atoms with van der Waals surface area (Å²) in [6.45, 7) is 12.5. The van der Waals surface area contributed by atoms with Crippen LogP contribution >= 0.6 is 0 Å². The van der Waals surface area contributed by atoms with Crippen molar-refractivity contribution in [2.45, 2.75) is 65.2 Å². The number of aliphatic imine (C=N–C) groups is 1. The van der Waals surface area contributed by atoms with Gasteiger partial charge in [-0.3, -0.25) is 4.99 Å². The maximum absolute atomic E-state index is 6.05. The summed E-state index contributed by atoms with van der Waals surface area (Å²) in [4.78, 5) is 4.51. The molecular formula is C13H22BNO2. The number of hydrogen-bond donors (Lipinski definition) is 0. The Balaban J connectivity index is 2.20. The van der Waals surface area contributed by atoms with Crippen molar-refractivity contribution >= 4 is 12.8 Å². The number of rotatable bonds is 1. The van der Waals surface area contributed by atoms with Crippen molar-refractivity contribution in [1.82, 2.24) is 0 Å². The minimum atomic E-state index is -0.260. The molecule has 0 aromatic heterocycles. The zero-order valence-electron chi connectivity index (χ0n) is 11.7. The third kappa shape index (κ3) is 2.33. The largest absolute Gasteiger partial charge is 0.490 e. The van der Waals surface area contributed by atoms with Crippen molar-refractivity contribution in [3.05, 3.63) is 11.5 Å². The molecule has 2 rings (SSSR count). The van der Waals surface area contributed by atoms with Crippen LogP contribution in [0.3, 0.4) is 0 Å². The molecule has 2 aliphatic rings. The molecule has 0 spiro atoms. The third-order valence-electron chi connectivity index (χ3n) is 3.91. The molecule has 0 aromatic carbocycles. The highest BCUT2D eigenvalue weighted by molar-refractivity contribution is 6.55. The van der Waals surface area contributed by atoms with Crippen LogP contribution in [0.25, 0.3) is 0 Å². The van der Waals surface area contributed by atoms with E-state index in [1.54, 1.807) is 0 Å². The Hall–Kier alpha value is -0.605. The molecule has 4 heteroatoms. The zero-order chi connectivity index (χ0) is 12.8. The summed E-state index contributed by atoms with van der Waals surface area (Å²) in [6.07, 6.45) is 3.02. The monoisotopic (exact) mass is 235 g/mol. The highest BCUT2D eigenvalue weighted by Gasteiger charge is 2.52. The molecule has 1 saturated heterocycles. The molecule has 0 N–H and O–H groups in total. The van der Waals surface area contributed by atoms with Gasteiger partial charge in [0, 0.05) is 5.71 Å². The Bertz CT molecular complexity index is 369. The van der Waals surface area contributed by atoms with Crippen molar-refractivity contribution in [3.8, 4) is 0 Å². The van der Waals surface area contributed by atoms with Crippen LogP contribution in [0.4, 0.5) is 0 Å². The van der Waals surface area contributed by atoms with E-state index in [1.807, 2.05) is 6.92 Å². The third-order valence-corrected chi connectivity index (χ3v) is 3.91. The van der Waals surface area contributed by atoms with Gasteiger partial charge in [-0.25, -0.2) is 0 Å². The van der Waals surface area contributed by atoms with E-state index < -0.39 is 0 Å². The Morgan fingerprint density at radius 3 is 2.24 bits per heavy atom. The molecule has 0 aromatic rings. The van der Waals surface area contributed by atoms with Crippen molar-refractivity contribution in [3.63, 3.8) is 0 Å². The van der Waals surface area contributed by atoms with E-state index in [0.717, 1.165) is 12.1 Å². The first kappa shape index (κ1) is 12.8. The Morgan fingerprint density at radius 2 is 1.76 bits per heavy atom. The van der Waals surface area contributed by atoms with Crippen LogP contribution in [-0.2, 0) is 9.31 Å². The molecule has 3 nitrogen and oxygen atoms in total. The second kappa shape index (κ2) is 3.96. The number of nitrogens with zero attached hydrogens (tertiary/aromatic N) is 1. The fraction of sp³-hybridized carbons (Fsp3) is 0.769. The lowest BCUT2D eigenvalue weighted by atomic mass is 9.73. The average Bonchev–Trinajstić information content (AvgIpc) is 2.34. The minimum absolute atomic E-state index is 0.215. The van der Waals surface area contributed by atoms with Gasteiger partial charge >= 0.3 is 7.12 Å². The van der Waals surface area contributed by atoms with Crippen LogP contribution in [-0.4, -0.2) is 30.1 Å². The predicted molar refractivity (Wildman–Crippen MR) is 71.4 cm³/mol. The van der Waals surface area contributed by atoms with Gasteiger partial charge in [0.15, 0.2) is 0 Å². The minimum Gasteiger partial charge on any atom is -0.400 e. The first-order chi connectivity index (χ1) is 7.71. The standard InChI is InChI=1S/C13H22BNO2/c1-9-7-11(8-10(2)15-9)14-16-12(3,4)13(5,6)17-14/h7,10H,8H2,1-6H3. The molecule has 0 radical (unpaired) electrons. The Labute approximate surface area is 104 Å². The van der Waals surface area contributed by atoms with E-state index in [1.165, 1.54) is 5.47 Å². The van der Waals surface area contributed by atoms with E-state index in [4.69, 9.17) is 9.31 Å². The summed E-state index contributed by atoms with van der Waals surface area (Å²) in [6, 6.07) is 0.328. The summed E-state index contributed by atoms with van der Waals surface area (Å²) in [5.41, 5.74) is 1.76. The normalized spacial score (nSPS) is 31.2. The van der Waals surface area contributed by atoms with Gasteiger partial charge in [-0.1, -0.05) is 0 Å². The fourth-order valence-corrected chi connectivity index (χ4v) is 2.26. The van der Waals surface area contributed by atoms with Crippen molar-refractivity contribution in [2.24, 2.45) is 4.99 Å². The van der Waals surface area contributed by atoms with Gasteiger partial charge in [0.05, 0.1) is 17.2 Å².